The zero-order chi connectivity index (χ0) is 31.1. The lowest BCUT2D eigenvalue weighted by Crippen LogP contribution is -2.54. The fraction of sp³-hybridized carbons (Fsp3) is 0.394. The molecule has 0 spiro atoms. The van der Waals surface area contributed by atoms with Crippen molar-refractivity contribution in [3.05, 3.63) is 93.5 Å². The van der Waals surface area contributed by atoms with Crippen LogP contribution in [0.25, 0.3) is 0 Å². The van der Waals surface area contributed by atoms with Crippen molar-refractivity contribution in [2.24, 2.45) is 0 Å². The van der Waals surface area contributed by atoms with Crippen LogP contribution in [0.15, 0.2) is 71.6 Å². The summed E-state index contributed by atoms with van der Waals surface area (Å²) in [4.78, 5) is 29.4. The predicted octanol–water partition coefficient (Wildman–Crippen LogP) is 7.06. The van der Waals surface area contributed by atoms with Crippen molar-refractivity contribution < 1.29 is 18.0 Å². The number of aryl methyl sites for hydroxylation is 2. The highest BCUT2D eigenvalue weighted by Crippen LogP contribution is 2.28. The fourth-order valence-electron chi connectivity index (χ4n) is 5.42. The number of anilines is 1. The first-order valence-corrected chi connectivity index (χ1v) is 16.9. The Balaban J connectivity index is 1.73. The highest BCUT2D eigenvalue weighted by Gasteiger charge is 2.34. The van der Waals surface area contributed by atoms with Gasteiger partial charge < -0.3 is 10.2 Å². The van der Waals surface area contributed by atoms with Crippen molar-refractivity contribution in [2.45, 2.75) is 82.8 Å². The molecule has 7 nitrogen and oxygen atoms in total. The smallest absolute Gasteiger partial charge is 0.264 e. The van der Waals surface area contributed by atoms with Crippen LogP contribution >= 0.6 is 23.2 Å². The summed E-state index contributed by atoms with van der Waals surface area (Å²) >= 11 is 12.5. The van der Waals surface area contributed by atoms with Crippen molar-refractivity contribution in [2.75, 3.05) is 10.8 Å². The molecule has 0 aliphatic heterocycles. The third-order valence-corrected chi connectivity index (χ3v) is 10.5. The van der Waals surface area contributed by atoms with Crippen LogP contribution in [0, 0.1) is 13.8 Å². The second kappa shape index (κ2) is 14.6. The fourth-order valence-corrected chi connectivity index (χ4v) is 7.14. The summed E-state index contributed by atoms with van der Waals surface area (Å²) in [7, 11) is -4.18. The van der Waals surface area contributed by atoms with Gasteiger partial charge in [0, 0.05) is 22.6 Å². The normalized spacial score (nSPS) is 14.6. The van der Waals surface area contributed by atoms with Crippen molar-refractivity contribution >= 4 is 50.7 Å². The van der Waals surface area contributed by atoms with Gasteiger partial charge in [0.2, 0.25) is 11.8 Å². The molecule has 4 rings (SSSR count). The third-order valence-electron chi connectivity index (χ3n) is 8.09. The van der Waals surface area contributed by atoms with Gasteiger partial charge >= 0.3 is 0 Å². The zero-order valence-corrected chi connectivity index (χ0v) is 27.2. The quantitative estimate of drug-likeness (QED) is 0.242. The predicted molar refractivity (Wildman–Crippen MR) is 173 cm³/mol. The van der Waals surface area contributed by atoms with Gasteiger partial charge in [-0.3, -0.25) is 13.9 Å². The number of carbonyl (C=O) groups excluding carboxylic acids is 2. The molecular weight excluding hydrogens is 605 g/mol. The van der Waals surface area contributed by atoms with Gasteiger partial charge in [0.15, 0.2) is 0 Å². The highest BCUT2D eigenvalue weighted by molar-refractivity contribution is 7.92. The topological polar surface area (TPSA) is 86.8 Å². The van der Waals surface area contributed by atoms with Gasteiger partial charge in [0.25, 0.3) is 10.0 Å². The average molecular weight is 645 g/mol. The monoisotopic (exact) mass is 643 g/mol. The number of benzene rings is 3. The molecule has 1 N–H and O–H groups in total. The molecule has 230 valence electrons. The lowest BCUT2D eigenvalue weighted by molar-refractivity contribution is -0.140. The average Bonchev–Trinajstić information content (AvgIpc) is 2.98. The van der Waals surface area contributed by atoms with Crippen LogP contribution in [0.1, 0.15) is 62.1 Å². The number of amides is 2. The van der Waals surface area contributed by atoms with Gasteiger partial charge in [0.1, 0.15) is 12.6 Å². The van der Waals surface area contributed by atoms with E-state index in [9.17, 15) is 18.0 Å². The molecule has 0 heterocycles. The minimum absolute atomic E-state index is 0.00247. The largest absolute Gasteiger partial charge is 0.352 e. The summed E-state index contributed by atoms with van der Waals surface area (Å²) in [5.74, 6) is -0.755. The molecule has 0 radical (unpaired) electrons. The van der Waals surface area contributed by atoms with Crippen molar-refractivity contribution in [1.82, 2.24) is 10.2 Å². The number of hydrogen-bond donors (Lipinski definition) is 1. The second-order valence-corrected chi connectivity index (χ2v) is 13.8. The summed E-state index contributed by atoms with van der Waals surface area (Å²) < 4.78 is 29.2. The molecule has 1 atom stereocenters. The maximum Gasteiger partial charge on any atom is 0.264 e. The molecule has 43 heavy (non-hydrogen) atoms. The van der Waals surface area contributed by atoms with Crippen LogP contribution in [-0.4, -0.2) is 43.8 Å². The van der Waals surface area contributed by atoms with Gasteiger partial charge in [-0.25, -0.2) is 8.42 Å². The van der Waals surface area contributed by atoms with Crippen molar-refractivity contribution in [3.63, 3.8) is 0 Å². The Hall–Kier alpha value is -3.07. The van der Waals surface area contributed by atoms with Crippen LogP contribution in [0.4, 0.5) is 5.69 Å². The molecule has 1 saturated carbocycles. The summed E-state index contributed by atoms with van der Waals surface area (Å²) in [6, 6.07) is 17.5. The second-order valence-electron chi connectivity index (χ2n) is 11.1. The number of nitrogens with zero attached hydrogens (tertiary/aromatic N) is 2. The Kier molecular flexibility index (Phi) is 11.2. The molecule has 0 bridgehead atoms. The molecule has 0 unspecified atom stereocenters. The number of halogens is 2. The number of hydrogen-bond acceptors (Lipinski definition) is 4. The Morgan fingerprint density at radius 1 is 0.930 bits per heavy atom. The SMILES string of the molecule is CC[C@@H](C(=O)NC1CCCCC1)N(Cc1ccccc1Cl)C(=O)CN(c1ccc(C)c(C)c1)S(=O)(=O)c1ccc(Cl)cc1. The molecule has 0 aromatic heterocycles. The Morgan fingerprint density at radius 3 is 2.23 bits per heavy atom. The molecule has 3 aromatic rings. The molecular formula is C33H39Cl2N3O4S. The van der Waals surface area contributed by atoms with E-state index in [4.69, 9.17) is 23.2 Å². The highest BCUT2D eigenvalue weighted by atomic mass is 35.5. The number of nitrogens with one attached hydrogen (secondary N) is 1. The maximum absolute atomic E-state index is 14.3. The Morgan fingerprint density at radius 2 is 1.60 bits per heavy atom. The standard InChI is InChI=1S/C33H39Cl2N3O4S/c1-4-31(33(40)36-27-11-6-5-7-12-27)37(21-25-10-8-9-13-30(25)35)32(39)22-38(28-17-14-23(2)24(3)20-28)43(41,42)29-18-15-26(34)16-19-29/h8-10,13-20,27,31H,4-7,11-12,21-22H2,1-3H3,(H,36,40)/t31-/m0/s1. The first-order chi connectivity index (χ1) is 20.5. The summed E-state index contributed by atoms with van der Waals surface area (Å²) in [5.41, 5.74) is 2.89. The first-order valence-electron chi connectivity index (χ1n) is 14.7. The van der Waals surface area contributed by atoms with Gasteiger partial charge in [-0.1, -0.05) is 73.7 Å². The van der Waals surface area contributed by atoms with Crippen LogP contribution in [0.2, 0.25) is 10.0 Å². The number of rotatable bonds is 11. The molecule has 10 heteroatoms. The Bertz CT molecular complexity index is 1540. The molecule has 2 amide bonds. The van der Waals surface area contributed by atoms with E-state index in [2.05, 4.69) is 5.32 Å². The van der Waals surface area contributed by atoms with Crippen LogP contribution in [0.3, 0.4) is 0 Å². The minimum Gasteiger partial charge on any atom is -0.352 e. The van der Waals surface area contributed by atoms with E-state index >= 15 is 0 Å². The van der Waals surface area contributed by atoms with Crippen molar-refractivity contribution in [3.8, 4) is 0 Å². The maximum atomic E-state index is 14.3. The van der Waals surface area contributed by atoms with Crippen LogP contribution < -0.4 is 9.62 Å². The van der Waals surface area contributed by atoms with Gasteiger partial charge in [-0.05, 0) is 92.3 Å². The van der Waals surface area contributed by atoms with Gasteiger partial charge in [0.05, 0.1) is 10.6 Å². The molecule has 1 aliphatic rings. The lowest BCUT2D eigenvalue weighted by Gasteiger charge is -2.34. The van der Waals surface area contributed by atoms with Crippen molar-refractivity contribution in [1.29, 1.82) is 0 Å². The Labute approximate surface area is 265 Å². The summed E-state index contributed by atoms with van der Waals surface area (Å²) in [6.07, 6.45) is 5.41. The molecule has 1 aliphatic carbocycles. The van der Waals surface area contributed by atoms with Gasteiger partial charge in [-0.2, -0.15) is 0 Å². The van der Waals surface area contributed by atoms with Crippen LogP contribution in [0.5, 0.6) is 0 Å². The summed E-state index contributed by atoms with van der Waals surface area (Å²) in [6.45, 7) is 5.22. The third kappa shape index (κ3) is 8.11. The van der Waals surface area contributed by atoms with E-state index in [1.165, 1.54) is 29.2 Å². The van der Waals surface area contributed by atoms with E-state index in [-0.39, 0.29) is 23.4 Å². The van der Waals surface area contributed by atoms with E-state index in [0.29, 0.717) is 27.7 Å². The van der Waals surface area contributed by atoms with E-state index < -0.39 is 28.5 Å². The number of carbonyl (C=O) groups is 2. The zero-order valence-electron chi connectivity index (χ0n) is 24.9. The molecule has 0 saturated heterocycles. The van der Waals surface area contributed by atoms with E-state index in [1.54, 1.807) is 30.3 Å². The lowest BCUT2D eigenvalue weighted by atomic mass is 9.95. The van der Waals surface area contributed by atoms with Gasteiger partial charge in [-0.15, -0.1) is 0 Å². The summed E-state index contributed by atoms with van der Waals surface area (Å²) in [5, 5.41) is 4.01. The van der Waals surface area contributed by atoms with E-state index in [1.807, 2.05) is 32.9 Å². The first kappa shape index (κ1) is 32.8. The van der Waals surface area contributed by atoms with Crippen LogP contribution in [-0.2, 0) is 26.2 Å². The minimum atomic E-state index is -4.18. The van der Waals surface area contributed by atoms with E-state index in [0.717, 1.165) is 47.5 Å². The number of sulfonamides is 1. The molecule has 1 fully saturated rings. The molecule has 3 aromatic carbocycles.